The van der Waals surface area contributed by atoms with Crippen LogP contribution in [0.2, 0.25) is 0 Å². The fraction of sp³-hybridized carbons (Fsp3) is 0.769. The number of aliphatic hydroxyl groups is 1. The van der Waals surface area contributed by atoms with Gasteiger partial charge in [-0.2, -0.15) is 5.10 Å². The van der Waals surface area contributed by atoms with Gasteiger partial charge in [0, 0.05) is 13.6 Å². The number of aliphatic hydroxyl groups excluding tert-OH is 1. The summed E-state index contributed by atoms with van der Waals surface area (Å²) in [6.45, 7) is 2.73. The zero-order valence-electron chi connectivity index (χ0n) is 12.1. The van der Waals surface area contributed by atoms with Crippen molar-refractivity contribution in [1.29, 1.82) is 0 Å². The van der Waals surface area contributed by atoms with Crippen LogP contribution in [0.3, 0.4) is 0 Å². The number of hydrogen-bond donors (Lipinski definition) is 1. The first-order valence-electron chi connectivity index (χ1n) is 7.17. The number of anilines is 1. The molecule has 1 saturated heterocycles. The molecule has 0 spiro atoms. The maximum Gasteiger partial charge on any atom is 0.334 e. The summed E-state index contributed by atoms with van der Waals surface area (Å²) in [5, 5.41) is 25.3. The molecule has 0 radical (unpaired) electrons. The molecule has 1 aromatic heterocycles. The Morgan fingerprint density at radius 2 is 2.25 bits per heavy atom. The molecule has 2 heterocycles. The number of nitrogens with zero attached hydrogens (tertiary/aromatic N) is 4. The summed E-state index contributed by atoms with van der Waals surface area (Å²) < 4.78 is 1.59. The molecule has 1 aliphatic heterocycles. The molecular formula is C13H22N4O3. The Balaban J connectivity index is 2.45. The molecule has 1 aliphatic rings. The van der Waals surface area contributed by atoms with Gasteiger partial charge in [0.05, 0.1) is 17.6 Å². The van der Waals surface area contributed by atoms with Crippen molar-refractivity contribution in [1.82, 2.24) is 9.78 Å². The number of aromatic nitrogens is 2. The Hall–Kier alpha value is -1.63. The summed E-state index contributed by atoms with van der Waals surface area (Å²) in [5.41, 5.74) is 0.645. The third-order valence-corrected chi connectivity index (χ3v) is 3.84. The first kappa shape index (κ1) is 14.8. The molecule has 7 heteroatoms. The van der Waals surface area contributed by atoms with E-state index in [0.717, 1.165) is 32.2 Å². The standard InChI is InChI=1S/C13H22N4O3/c1-3-6-11-12(17(19)20)13(15(2)14-11)16-8-5-4-7-10(16)9-18/h10,18H,3-9H2,1-2H3. The summed E-state index contributed by atoms with van der Waals surface area (Å²) in [5.74, 6) is 0.539. The van der Waals surface area contributed by atoms with E-state index in [2.05, 4.69) is 5.10 Å². The van der Waals surface area contributed by atoms with Gasteiger partial charge in [-0.15, -0.1) is 0 Å². The van der Waals surface area contributed by atoms with Crippen LogP contribution in [-0.2, 0) is 13.5 Å². The Morgan fingerprint density at radius 1 is 1.50 bits per heavy atom. The van der Waals surface area contributed by atoms with Crippen LogP contribution in [0.15, 0.2) is 0 Å². The van der Waals surface area contributed by atoms with Crippen LogP contribution < -0.4 is 4.90 Å². The molecule has 20 heavy (non-hydrogen) atoms. The summed E-state index contributed by atoms with van der Waals surface area (Å²) >= 11 is 0. The molecule has 0 aliphatic carbocycles. The number of piperidine rings is 1. The summed E-state index contributed by atoms with van der Waals surface area (Å²) in [6, 6.07) is -0.0488. The van der Waals surface area contributed by atoms with Gasteiger partial charge in [-0.1, -0.05) is 13.3 Å². The fourth-order valence-electron chi connectivity index (χ4n) is 2.94. The molecule has 0 aromatic carbocycles. The highest BCUT2D eigenvalue weighted by atomic mass is 16.6. The van der Waals surface area contributed by atoms with Crippen LogP contribution in [0.5, 0.6) is 0 Å². The van der Waals surface area contributed by atoms with E-state index in [1.54, 1.807) is 11.7 Å². The summed E-state index contributed by atoms with van der Waals surface area (Å²) in [6.07, 6.45) is 4.32. The highest BCUT2D eigenvalue weighted by Gasteiger charge is 2.34. The minimum Gasteiger partial charge on any atom is -0.394 e. The van der Waals surface area contributed by atoms with Crippen molar-refractivity contribution >= 4 is 11.5 Å². The van der Waals surface area contributed by atoms with E-state index in [1.165, 1.54) is 0 Å². The van der Waals surface area contributed by atoms with E-state index in [0.29, 0.717) is 17.9 Å². The molecule has 1 aromatic rings. The number of aryl methyl sites for hydroxylation is 2. The van der Waals surface area contributed by atoms with Crippen LogP contribution >= 0.6 is 0 Å². The predicted molar refractivity (Wildman–Crippen MR) is 75.9 cm³/mol. The maximum atomic E-state index is 11.4. The van der Waals surface area contributed by atoms with Crippen molar-refractivity contribution in [2.75, 3.05) is 18.1 Å². The molecule has 0 bridgehead atoms. The van der Waals surface area contributed by atoms with Crippen molar-refractivity contribution in [2.24, 2.45) is 7.05 Å². The Kier molecular flexibility index (Phi) is 4.59. The molecule has 1 fully saturated rings. The normalized spacial score (nSPS) is 19.4. The zero-order chi connectivity index (χ0) is 14.7. The molecular weight excluding hydrogens is 260 g/mol. The van der Waals surface area contributed by atoms with Gasteiger partial charge in [0.25, 0.3) is 0 Å². The summed E-state index contributed by atoms with van der Waals surface area (Å²) in [4.78, 5) is 13.0. The van der Waals surface area contributed by atoms with Crippen LogP contribution in [0.1, 0.15) is 38.3 Å². The predicted octanol–water partition coefficient (Wildman–Crippen LogP) is 1.63. The molecule has 1 N–H and O–H groups in total. The van der Waals surface area contributed by atoms with E-state index in [4.69, 9.17) is 0 Å². The molecule has 112 valence electrons. The average Bonchev–Trinajstić information content (AvgIpc) is 2.75. The van der Waals surface area contributed by atoms with Gasteiger partial charge in [-0.3, -0.25) is 10.1 Å². The van der Waals surface area contributed by atoms with Crippen molar-refractivity contribution in [3.05, 3.63) is 15.8 Å². The molecule has 0 amide bonds. The van der Waals surface area contributed by atoms with Gasteiger partial charge in [0.2, 0.25) is 5.82 Å². The summed E-state index contributed by atoms with van der Waals surface area (Å²) in [7, 11) is 1.74. The third-order valence-electron chi connectivity index (χ3n) is 3.84. The monoisotopic (exact) mass is 282 g/mol. The molecule has 2 rings (SSSR count). The Bertz CT molecular complexity index is 486. The van der Waals surface area contributed by atoms with Crippen molar-refractivity contribution in [3.8, 4) is 0 Å². The SMILES string of the molecule is CCCc1nn(C)c(N2CCCCC2CO)c1[N+](=O)[O-]. The minimum atomic E-state index is -0.337. The van der Waals surface area contributed by atoms with Gasteiger partial charge in [0.1, 0.15) is 5.69 Å². The van der Waals surface area contributed by atoms with Crippen molar-refractivity contribution < 1.29 is 10.0 Å². The molecule has 1 atom stereocenters. The van der Waals surface area contributed by atoms with E-state index >= 15 is 0 Å². The van der Waals surface area contributed by atoms with Crippen LogP contribution in [0, 0.1) is 10.1 Å². The first-order chi connectivity index (χ1) is 9.60. The highest BCUT2D eigenvalue weighted by molar-refractivity contribution is 5.62. The average molecular weight is 282 g/mol. The molecule has 0 saturated carbocycles. The molecule has 1 unspecified atom stereocenters. The van der Waals surface area contributed by atoms with Crippen LogP contribution in [-0.4, -0.2) is 39.0 Å². The highest BCUT2D eigenvalue weighted by Crippen LogP contribution is 2.35. The second-order valence-corrected chi connectivity index (χ2v) is 5.28. The Morgan fingerprint density at radius 3 is 2.85 bits per heavy atom. The number of nitro groups is 1. The van der Waals surface area contributed by atoms with Gasteiger partial charge < -0.3 is 10.0 Å². The van der Waals surface area contributed by atoms with Crippen LogP contribution in [0.4, 0.5) is 11.5 Å². The van der Waals surface area contributed by atoms with E-state index in [9.17, 15) is 15.2 Å². The van der Waals surface area contributed by atoms with Crippen molar-refractivity contribution in [2.45, 2.75) is 45.1 Å². The second-order valence-electron chi connectivity index (χ2n) is 5.28. The fourth-order valence-corrected chi connectivity index (χ4v) is 2.94. The molecule has 7 nitrogen and oxygen atoms in total. The van der Waals surface area contributed by atoms with E-state index < -0.39 is 0 Å². The number of hydrogen-bond acceptors (Lipinski definition) is 5. The quantitative estimate of drug-likeness (QED) is 0.655. The van der Waals surface area contributed by atoms with Crippen molar-refractivity contribution in [3.63, 3.8) is 0 Å². The lowest BCUT2D eigenvalue weighted by atomic mass is 10.0. The Labute approximate surface area is 118 Å². The van der Waals surface area contributed by atoms with Gasteiger partial charge in [-0.05, 0) is 25.7 Å². The van der Waals surface area contributed by atoms with Gasteiger partial charge in [0.15, 0.2) is 0 Å². The number of rotatable bonds is 5. The minimum absolute atomic E-state index is 0.0193. The smallest absolute Gasteiger partial charge is 0.334 e. The second kappa shape index (κ2) is 6.21. The largest absolute Gasteiger partial charge is 0.394 e. The van der Waals surface area contributed by atoms with Crippen LogP contribution in [0.25, 0.3) is 0 Å². The maximum absolute atomic E-state index is 11.4. The lowest BCUT2D eigenvalue weighted by Crippen LogP contribution is -2.43. The topological polar surface area (TPSA) is 84.4 Å². The lowest BCUT2D eigenvalue weighted by Gasteiger charge is -2.35. The zero-order valence-corrected chi connectivity index (χ0v) is 12.1. The van der Waals surface area contributed by atoms with Gasteiger partial charge >= 0.3 is 5.69 Å². The van der Waals surface area contributed by atoms with E-state index in [-0.39, 0.29) is 23.3 Å². The third kappa shape index (κ3) is 2.63. The van der Waals surface area contributed by atoms with E-state index in [1.807, 2.05) is 11.8 Å². The van der Waals surface area contributed by atoms with Gasteiger partial charge in [-0.25, -0.2) is 4.68 Å². The first-order valence-corrected chi connectivity index (χ1v) is 7.17. The lowest BCUT2D eigenvalue weighted by molar-refractivity contribution is -0.384.